The van der Waals surface area contributed by atoms with Crippen LogP contribution in [-0.2, 0) is 27.2 Å². The summed E-state index contributed by atoms with van der Waals surface area (Å²) in [4.78, 5) is 38.5. The molecule has 2 aliphatic rings. The second kappa shape index (κ2) is 9.69. The molecule has 0 radical (unpaired) electrons. The van der Waals surface area contributed by atoms with E-state index in [9.17, 15) is 19.5 Å². The molecule has 1 heterocycles. The number of esters is 1. The fourth-order valence-electron chi connectivity index (χ4n) is 4.67. The molecule has 6 nitrogen and oxygen atoms in total. The summed E-state index contributed by atoms with van der Waals surface area (Å²) in [6.07, 6.45) is 4.83. The van der Waals surface area contributed by atoms with Gasteiger partial charge < -0.3 is 15.2 Å². The van der Waals surface area contributed by atoms with Crippen molar-refractivity contribution in [3.8, 4) is 0 Å². The van der Waals surface area contributed by atoms with Gasteiger partial charge in [0.15, 0.2) is 0 Å². The average Bonchev–Trinajstić information content (AvgIpc) is 3.16. The number of carbonyl (C=O) groups is 3. The molecule has 1 atom stereocenters. The van der Waals surface area contributed by atoms with Crippen LogP contribution in [0.1, 0.15) is 71.3 Å². The molecule has 168 valence electrons. The van der Waals surface area contributed by atoms with Gasteiger partial charge in [-0.25, -0.2) is 9.59 Å². The number of anilines is 1. The zero-order valence-corrected chi connectivity index (χ0v) is 18.9. The molecule has 0 fully saturated rings. The van der Waals surface area contributed by atoms with E-state index < -0.39 is 17.8 Å². The second-order valence-electron chi connectivity index (χ2n) is 8.20. The van der Waals surface area contributed by atoms with E-state index in [1.165, 1.54) is 16.9 Å². The average molecular weight is 454 g/mol. The Bertz CT molecular complexity index is 1070. The van der Waals surface area contributed by atoms with Gasteiger partial charge in [0, 0.05) is 16.0 Å². The summed E-state index contributed by atoms with van der Waals surface area (Å²) in [5.41, 5.74) is 3.14. The number of amides is 1. The summed E-state index contributed by atoms with van der Waals surface area (Å²) < 4.78 is 5.30. The number of carbonyl (C=O) groups excluding carboxylic acids is 2. The fourth-order valence-corrected chi connectivity index (χ4v) is 5.98. The summed E-state index contributed by atoms with van der Waals surface area (Å²) in [7, 11) is 0. The molecule has 1 unspecified atom stereocenters. The predicted octanol–water partition coefficient (Wildman–Crippen LogP) is 5.09. The molecule has 7 heteroatoms. The monoisotopic (exact) mass is 453 g/mol. The highest BCUT2D eigenvalue weighted by molar-refractivity contribution is 7.17. The molecule has 2 aliphatic carbocycles. The van der Waals surface area contributed by atoms with Crippen molar-refractivity contribution in [2.24, 2.45) is 0 Å². The van der Waals surface area contributed by atoms with E-state index in [2.05, 4.69) is 17.4 Å². The highest BCUT2D eigenvalue weighted by atomic mass is 32.1. The van der Waals surface area contributed by atoms with Crippen molar-refractivity contribution < 1.29 is 24.2 Å². The fraction of sp³-hybridized carbons (Fsp3) is 0.400. The van der Waals surface area contributed by atoms with E-state index in [0.29, 0.717) is 34.9 Å². The topological polar surface area (TPSA) is 92.7 Å². The van der Waals surface area contributed by atoms with Gasteiger partial charge in [-0.05, 0) is 68.9 Å². The Labute approximate surface area is 191 Å². The van der Waals surface area contributed by atoms with Crippen LogP contribution in [0.4, 0.5) is 5.00 Å². The van der Waals surface area contributed by atoms with Crippen molar-refractivity contribution in [2.45, 2.75) is 57.8 Å². The summed E-state index contributed by atoms with van der Waals surface area (Å²) in [5, 5.41) is 12.8. The number of thiophene rings is 1. The lowest BCUT2D eigenvalue weighted by atomic mass is 9.83. The number of aliphatic carboxylic acids is 1. The molecule has 0 saturated carbocycles. The molecule has 0 spiro atoms. The van der Waals surface area contributed by atoms with Crippen molar-refractivity contribution in [3.63, 3.8) is 0 Å². The molecule has 4 rings (SSSR count). The van der Waals surface area contributed by atoms with Crippen LogP contribution < -0.4 is 5.32 Å². The van der Waals surface area contributed by atoms with E-state index in [1.54, 1.807) is 6.92 Å². The second-order valence-corrected chi connectivity index (χ2v) is 9.31. The predicted molar refractivity (Wildman–Crippen MR) is 123 cm³/mol. The number of nitrogens with one attached hydrogen (secondary N) is 1. The molecule has 0 aliphatic heterocycles. The van der Waals surface area contributed by atoms with Crippen molar-refractivity contribution in [1.29, 1.82) is 0 Å². The van der Waals surface area contributed by atoms with Crippen LogP contribution in [0.2, 0.25) is 0 Å². The van der Waals surface area contributed by atoms with Crippen molar-refractivity contribution in [2.75, 3.05) is 11.9 Å². The standard InChI is InChI=1S/C25H27NO5S/c1-2-31-25(30)21-19-13-12-16(15-8-4-3-5-9-15)14-20(19)32-23(21)26-22(27)17-10-6-7-11-18(17)24(28)29/h3-5,8-9,16H,2,6-7,10-14H2,1H3,(H,26,27)(H,28,29). The maximum Gasteiger partial charge on any atom is 0.341 e. The van der Waals surface area contributed by atoms with Crippen LogP contribution in [0.5, 0.6) is 0 Å². The smallest absolute Gasteiger partial charge is 0.341 e. The van der Waals surface area contributed by atoms with Gasteiger partial charge in [-0.15, -0.1) is 11.3 Å². The number of benzene rings is 1. The van der Waals surface area contributed by atoms with E-state index in [4.69, 9.17) is 4.74 Å². The summed E-state index contributed by atoms with van der Waals surface area (Å²) in [6, 6.07) is 10.3. The molecule has 2 aromatic rings. The maximum atomic E-state index is 13.0. The van der Waals surface area contributed by atoms with Gasteiger partial charge >= 0.3 is 11.9 Å². The quantitative estimate of drug-likeness (QED) is 0.594. The number of ether oxygens (including phenoxy) is 1. The largest absolute Gasteiger partial charge is 0.478 e. The van der Waals surface area contributed by atoms with Gasteiger partial charge in [-0.1, -0.05) is 30.3 Å². The summed E-state index contributed by atoms with van der Waals surface area (Å²) in [5.74, 6) is -1.54. The number of fused-ring (bicyclic) bond motifs is 1. The number of hydrogen-bond acceptors (Lipinski definition) is 5. The molecule has 1 aromatic carbocycles. The first-order chi connectivity index (χ1) is 15.5. The first-order valence-corrected chi connectivity index (χ1v) is 11.9. The molecule has 0 saturated heterocycles. The van der Waals surface area contributed by atoms with Gasteiger partial charge in [0.1, 0.15) is 5.00 Å². The third kappa shape index (κ3) is 4.48. The highest BCUT2D eigenvalue weighted by Crippen LogP contribution is 2.43. The van der Waals surface area contributed by atoms with Crippen LogP contribution in [0.25, 0.3) is 0 Å². The van der Waals surface area contributed by atoms with E-state index in [0.717, 1.165) is 42.5 Å². The van der Waals surface area contributed by atoms with Crippen molar-refractivity contribution >= 4 is 34.2 Å². The molecule has 1 amide bonds. The van der Waals surface area contributed by atoms with Gasteiger partial charge in [-0.2, -0.15) is 0 Å². The summed E-state index contributed by atoms with van der Waals surface area (Å²) >= 11 is 1.41. The van der Waals surface area contributed by atoms with Crippen LogP contribution >= 0.6 is 11.3 Å². The number of carboxylic acids is 1. The van der Waals surface area contributed by atoms with Crippen LogP contribution in [0.15, 0.2) is 41.5 Å². The molecular weight excluding hydrogens is 426 g/mol. The Kier molecular flexibility index (Phi) is 6.74. The Balaban J connectivity index is 1.66. The van der Waals surface area contributed by atoms with Crippen molar-refractivity contribution in [3.05, 3.63) is 63.0 Å². The van der Waals surface area contributed by atoms with Crippen LogP contribution in [0.3, 0.4) is 0 Å². The molecule has 32 heavy (non-hydrogen) atoms. The van der Waals surface area contributed by atoms with Gasteiger partial charge in [0.05, 0.1) is 12.2 Å². The Morgan fingerprint density at radius 1 is 1.09 bits per heavy atom. The lowest BCUT2D eigenvalue weighted by Crippen LogP contribution is -2.22. The minimum absolute atomic E-state index is 0.178. The minimum Gasteiger partial charge on any atom is -0.478 e. The molecule has 0 bridgehead atoms. The minimum atomic E-state index is -1.04. The highest BCUT2D eigenvalue weighted by Gasteiger charge is 2.32. The number of carboxylic acid groups (broad SMARTS) is 1. The van der Waals surface area contributed by atoms with E-state index in [1.807, 2.05) is 18.2 Å². The van der Waals surface area contributed by atoms with E-state index >= 15 is 0 Å². The van der Waals surface area contributed by atoms with Gasteiger partial charge in [0.2, 0.25) is 0 Å². The third-order valence-electron chi connectivity index (χ3n) is 6.24. The Hall–Kier alpha value is -2.93. The first-order valence-electron chi connectivity index (χ1n) is 11.1. The zero-order chi connectivity index (χ0) is 22.7. The van der Waals surface area contributed by atoms with E-state index in [-0.39, 0.29) is 12.2 Å². The third-order valence-corrected chi connectivity index (χ3v) is 7.41. The first kappa shape index (κ1) is 22.3. The Morgan fingerprint density at radius 2 is 1.81 bits per heavy atom. The maximum absolute atomic E-state index is 13.0. The number of rotatable bonds is 6. The lowest BCUT2D eigenvalue weighted by molar-refractivity contribution is -0.133. The molecular formula is C25H27NO5S. The number of hydrogen-bond donors (Lipinski definition) is 2. The van der Waals surface area contributed by atoms with Gasteiger partial charge in [0.25, 0.3) is 5.91 Å². The summed E-state index contributed by atoms with van der Waals surface area (Å²) in [6.45, 7) is 2.00. The van der Waals surface area contributed by atoms with Gasteiger partial charge in [-0.3, -0.25) is 4.79 Å². The SMILES string of the molecule is CCOC(=O)c1c(NC(=O)C2=C(C(=O)O)CCCC2)sc2c1CCC(c1ccccc1)C2. The molecule has 1 aromatic heterocycles. The van der Waals surface area contributed by atoms with Crippen LogP contribution in [0, 0.1) is 0 Å². The molecule has 2 N–H and O–H groups in total. The van der Waals surface area contributed by atoms with Crippen LogP contribution in [-0.4, -0.2) is 29.6 Å². The lowest BCUT2D eigenvalue weighted by Gasteiger charge is -2.23. The normalized spacial score (nSPS) is 18.1. The zero-order valence-electron chi connectivity index (χ0n) is 18.1. The Morgan fingerprint density at radius 3 is 2.50 bits per heavy atom. The van der Waals surface area contributed by atoms with Crippen molar-refractivity contribution in [1.82, 2.24) is 0 Å².